The van der Waals surface area contributed by atoms with Gasteiger partial charge in [0.1, 0.15) is 6.10 Å². The molecule has 3 rings (SSSR count). The number of hydrogen-bond donors (Lipinski definition) is 1. The molecule has 2 fully saturated rings. The van der Waals surface area contributed by atoms with Crippen LogP contribution in [0.15, 0.2) is 17.4 Å². The lowest BCUT2D eigenvalue weighted by Gasteiger charge is -2.36. The van der Waals surface area contributed by atoms with Gasteiger partial charge in [-0.05, 0) is 46.1 Å². The summed E-state index contributed by atoms with van der Waals surface area (Å²) in [6.45, 7) is 13.3. The number of aromatic nitrogens is 2. The van der Waals surface area contributed by atoms with E-state index in [9.17, 15) is 0 Å². The molecule has 3 heterocycles. The van der Waals surface area contributed by atoms with E-state index in [4.69, 9.17) is 9.73 Å². The molecule has 0 spiro atoms. The number of nitrogens with one attached hydrogen (secondary N) is 1. The third-order valence-corrected chi connectivity index (χ3v) is 5.58. The molecule has 2 unspecified atom stereocenters. The van der Waals surface area contributed by atoms with Crippen LogP contribution in [0, 0.1) is 5.92 Å². The van der Waals surface area contributed by atoms with E-state index >= 15 is 0 Å². The molecule has 27 heavy (non-hydrogen) atoms. The van der Waals surface area contributed by atoms with Gasteiger partial charge in [-0.3, -0.25) is 9.67 Å². The summed E-state index contributed by atoms with van der Waals surface area (Å²) >= 11 is 0. The highest BCUT2D eigenvalue weighted by atomic mass is 16.5. The van der Waals surface area contributed by atoms with Crippen molar-refractivity contribution in [3.8, 4) is 0 Å². The van der Waals surface area contributed by atoms with Crippen molar-refractivity contribution in [2.24, 2.45) is 18.0 Å². The second-order valence-electron chi connectivity index (χ2n) is 8.04. The molecule has 0 radical (unpaired) electrons. The molecule has 152 valence electrons. The predicted octanol–water partition coefficient (Wildman–Crippen LogP) is 1.88. The second kappa shape index (κ2) is 9.55. The topological polar surface area (TPSA) is 57.9 Å². The van der Waals surface area contributed by atoms with Gasteiger partial charge >= 0.3 is 0 Å². The summed E-state index contributed by atoms with van der Waals surface area (Å²) in [5, 5.41) is 7.77. The third kappa shape index (κ3) is 5.45. The summed E-state index contributed by atoms with van der Waals surface area (Å²) in [6.07, 6.45) is 6.58. The Balaban J connectivity index is 1.62. The van der Waals surface area contributed by atoms with Gasteiger partial charge in [-0.25, -0.2) is 0 Å². The fourth-order valence-electron chi connectivity index (χ4n) is 4.01. The van der Waals surface area contributed by atoms with E-state index in [-0.39, 0.29) is 6.10 Å². The minimum Gasteiger partial charge on any atom is -0.370 e. The first-order valence-electron chi connectivity index (χ1n) is 10.4. The lowest BCUT2D eigenvalue weighted by molar-refractivity contribution is -0.00809. The van der Waals surface area contributed by atoms with Crippen molar-refractivity contribution >= 4 is 5.96 Å². The molecular formula is C20H36N6O. The van der Waals surface area contributed by atoms with Crippen LogP contribution in [0.4, 0.5) is 0 Å². The van der Waals surface area contributed by atoms with Crippen molar-refractivity contribution in [2.75, 3.05) is 45.9 Å². The molecule has 1 N–H and O–H groups in total. The van der Waals surface area contributed by atoms with Crippen molar-refractivity contribution in [3.63, 3.8) is 0 Å². The van der Waals surface area contributed by atoms with E-state index in [1.807, 2.05) is 24.1 Å². The number of morpholine rings is 1. The van der Waals surface area contributed by atoms with Crippen molar-refractivity contribution in [1.29, 1.82) is 0 Å². The fraction of sp³-hybridized carbons (Fsp3) is 0.800. The number of rotatable bonds is 5. The zero-order chi connectivity index (χ0) is 19.2. The average Bonchev–Trinajstić information content (AvgIpc) is 3.12. The number of hydrogen-bond acceptors (Lipinski definition) is 4. The van der Waals surface area contributed by atoms with Gasteiger partial charge in [-0.2, -0.15) is 5.10 Å². The van der Waals surface area contributed by atoms with Crippen LogP contribution < -0.4 is 5.32 Å². The summed E-state index contributed by atoms with van der Waals surface area (Å²) in [5.74, 6) is 1.68. The molecule has 2 saturated heterocycles. The van der Waals surface area contributed by atoms with Gasteiger partial charge in [0.15, 0.2) is 5.96 Å². The largest absolute Gasteiger partial charge is 0.370 e. The Morgan fingerprint density at radius 3 is 2.93 bits per heavy atom. The zero-order valence-corrected chi connectivity index (χ0v) is 17.4. The van der Waals surface area contributed by atoms with E-state index < -0.39 is 0 Å². The standard InChI is InChI=1S/C20H36N6O/c1-5-21-20(22-11-17-7-6-8-25(13-17)16(2)3)26-9-10-27-19(15-26)18-12-23-24(4)14-18/h12,14,16-17,19H,5-11,13,15H2,1-4H3,(H,21,22). The number of aliphatic imine (C=N–C) groups is 1. The molecule has 0 saturated carbocycles. The highest BCUT2D eigenvalue weighted by Crippen LogP contribution is 2.22. The molecule has 2 aliphatic rings. The maximum absolute atomic E-state index is 5.99. The minimum absolute atomic E-state index is 0.0578. The van der Waals surface area contributed by atoms with Crippen LogP contribution in [0.25, 0.3) is 0 Å². The normalized spacial score (nSPS) is 25.2. The molecular weight excluding hydrogens is 340 g/mol. The van der Waals surface area contributed by atoms with E-state index in [0.717, 1.165) is 37.7 Å². The van der Waals surface area contributed by atoms with Crippen LogP contribution in [0.5, 0.6) is 0 Å². The predicted molar refractivity (Wildman–Crippen MR) is 109 cm³/mol. The SMILES string of the molecule is CCNC(=NCC1CCCN(C(C)C)C1)N1CCOC(c2cnn(C)c2)C1. The summed E-state index contributed by atoms with van der Waals surface area (Å²) in [7, 11) is 1.94. The molecule has 1 aromatic heterocycles. The number of likely N-dealkylation sites (tertiary alicyclic amines) is 1. The summed E-state index contributed by atoms with van der Waals surface area (Å²) in [6, 6.07) is 0.629. The average molecular weight is 377 g/mol. The summed E-state index contributed by atoms with van der Waals surface area (Å²) in [4.78, 5) is 9.94. The highest BCUT2D eigenvalue weighted by molar-refractivity contribution is 5.80. The van der Waals surface area contributed by atoms with Gasteiger partial charge in [-0.1, -0.05) is 0 Å². The Kier molecular flexibility index (Phi) is 7.13. The third-order valence-electron chi connectivity index (χ3n) is 5.58. The molecule has 0 aromatic carbocycles. The molecule has 7 heteroatoms. The van der Waals surface area contributed by atoms with Gasteiger partial charge in [0.25, 0.3) is 0 Å². The molecule has 7 nitrogen and oxygen atoms in total. The molecule has 2 aliphatic heterocycles. The van der Waals surface area contributed by atoms with Gasteiger partial charge in [0, 0.05) is 51.0 Å². The number of ether oxygens (including phenoxy) is 1. The Morgan fingerprint density at radius 2 is 2.22 bits per heavy atom. The van der Waals surface area contributed by atoms with E-state index in [1.165, 1.54) is 25.9 Å². The van der Waals surface area contributed by atoms with Crippen LogP contribution in [0.2, 0.25) is 0 Å². The highest BCUT2D eigenvalue weighted by Gasteiger charge is 2.26. The first-order chi connectivity index (χ1) is 13.1. The van der Waals surface area contributed by atoms with Gasteiger partial charge < -0.3 is 19.9 Å². The number of piperidine rings is 1. The lowest BCUT2D eigenvalue weighted by atomic mass is 9.97. The first-order valence-corrected chi connectivity index (χ1v) is 10.4. The zero-order valence-electron chi connectivity index (χ0n) is 17.4. The number of guanidine groups is 1. The molecule has 0 amide bonds. The maximum Gasteiger partial charge on any atom is 0.194 e. The monoisotopic (exact) mass is 376 g/mol. The van der Waals surface area contributed by atoms with Crippen molar-refractivity contribution in [1.82, 2.24) is 24.9 Å². The number of nitrogens with zero attached hydrogens (tertiary/aromatic N) is 5. The Morgan fingerprint density at radius 1 is 1.37 bits per heavy atom. The van der Waals surface area contributed by atoms with Gasteiger partial charge in [0.05, 0.1) is 19.3 Å². The van der Waals surface area contributed by atoms with Crippen LogP contribution in [-0.2, 0) is 11.8 Å². The molecule has 0 bridgehead atoms. The van der Waals surface area contributed by atoms with Crippen molar-refractivity contribution < 1.29 is 4.74 Å². The van der Waals surface area contributed by atoms with Crippen LogP contribution in [0.3, 0.4) is 0 Å². The Hall–Kier alpha value is -1.60. The molecule has 1 aromatic rings. The lowest BCUT2D eigenvalue weighted by Crippen LogP contribution is -2.48. The smallest absolute Gasteiger partial charge is 0.194 e. The Labute approximate surface area is 163 Å². The van der Waals surface area contributed by atoms with Crippen molar-refractivity contribution in [3.05, 3.63) is 18.0 Å². The van der Waals surface area contributed by atoms with Crippen LogP contribution in [-0.4, -0.2) is 77.5 Å². The van der Waals surface area contributed by atoms with Crippen molar-refractivity contribution in [2.45, 2.75) is 45.8 Å². The van der Waals surface area contributed by atoms with E-state index in [1.54, 1.807) is 0 Å². The van der Waals surface area contributed by atoms with Crippen LogP contribution in [0.1, 0.15) is 45.3 Å². The van der Waals surface area contributed by atoms with E-state index in [2.05, 4.69) is 41.0 Å². The quantitative estimate of drug-likeness (QED) is 0.628. The fourth-order valence-corrected chi connectivity index (χ4v) is 4.01. The van der Waals surface area contributed by atoms with Gasteiger partial charge in [0.2, 0.25) is 0 Å². The maximum atomic E-state index is 5.99. The van der Waals surface area contributed by atoms with Crippen LogP contribution >= 0.6 is 0 Å². The minimum atomic E-state index is 0.0578. The van der Waals surface area contributed by atoms with E-state index in [0.29, 0.717) is 18.6 Å². The number of aryl methyl sites for hydroxylation is 1. The molecule has 2 atom stereocenters. The molecule has 0 aliphatic carbocycles. The van der Waals surface area contributed by atoms with Gasteiger partial charge in [-0.15, -0.1) is 0 Å². The Bertz CT molecular complexity index is 613. The first kappa shape index (κ1) is 20.1. The summed E-state index contributed by atoms with van der Waals surface area (Å²) in [5.41, 5.74) is 1.14. The summed E-state index contributed by atoms with van der Waals surface area (Å²) < 4.78 is 7.82. The second-order valence-corrected chi connectivity index (χ2v) is 8.04.